The number of piperazine rings is 1. The van der Waals surface area contributed by atoms with Crippen molar-refractivity contribution in [3.63, 3.8) is 0 Å². The minimum Gasteiger partial charge on any atom is -0.365 e. The molecule has 3 heterocycles. The van der Waals surface area contributed by atoms with Crippen molar-refractivity contribution >= 4 is 27.2 Å². The number of anilines is 2. The van der Waals surface area contributed by atoms with Crippen molar-refractivity contribution in [3.05, 3.63) is 30.3 Å². The Hall–Kier alpha value is -2.12. The third-order valence-electron chi connectivity index (χ3n) is 7.61. The summed E-state index contributed by atoms with van der Waals surface area (Å²) in [5.41, 5.74) is 2.19. The molecule has 6 nitrogen and oxygen atoms in total. The quantitative estimate of drug-likeness (QED) is 0.574. The van der Waals surface area contributed by atoms with Gasteiger partial charge in [-0.25, -0.2) is 4.98 Å². The Kier molecular flexibility index (Phi) is 5.78. The van der Waals surface area contributed by atoms with Crippen LogP contribution in [-0.4, -0.2) is 57.8 Å². The first kappa shape index (κ1) is 20.5. The van der Waals surface area contributed by atoms with E-state index < -0.39 is 0 Å². The summed E-state index contributed by atoms with van der Waals surface area (Å²) in [5.74, 6) is 1.07. The van der Waals surface area contributed by atoms with E-state index in [4.69, 9.17) is 10.1 Å². The van der Waals surface area contributed by atoms with Crippen molar-refractivity contribution in [3.8, 4) is 11.3 Å². The minimum atomic E-state index is 0.529. The van der Waals surface area contributed by atoms with Crippen molar-refractivity contribution in [1.82, 2.24) is 19.5 Å². The van der Waals surface area contributed by atoms with Gasteiger partial charge in [0, 0.05) is 43.8 Å². The van der Waals surface area contributed by atoms with E-state index >= 15 is 0 Å². The molecule has 1 N–H and O–H groups in total. The number of nitrogens with one attached hydrogen (secondary N) is 1. The number of hydrogen-bond donors (Lipinski definition) is 1. The van der Waals surface area contributed by atoms with Gasteiger partial charge >= 0.3 is 0 Å². The maximum Gasteiger partial charge on any atom is 0.216 e. The number of aromatic nitrogens is 3. The molecule has 1 aliphatic heterocycles. The maximum atomic E-state index is 5.08. The molecule has 0 unspecified atom stereocenters. The molecular weight excluding hydrogens is 416 g/mol. The van der Waals surface area contributed by atoms with Gasteiger partial charge in [-0.05, 0) is 25.7 Å². The van der Waals surface area contributed by atoms with E-state index in [2.05, 4.69) is 50.0 Å². The Labute approximate surface area is 194 Å². The second-order valence-corrected chi connectivity index (χ2v) is 10.6. The number of fused-ring (bicyclic) bond motifs is 1. The van der Waals surface area contributed by atoms with E-state index in [-0.39, 0.29) is 0 Å². The van der Waals surface area contributed by atoms with Gasteiger partial charge in [-0.2, -0.15) is 4.52 Å². The SMILES string of the molecule is c1ccc(-c2nc3sc(N4CCN(C5CCCCC5)CC4)nn3c2NC2CCCC2)cc1. The predicted octanol–water partition coefficient (Wildman–Crippen LogP) is 5.27. The first-order valence-corrected chi connectivity index (χ1v) is 13.4. The molecule has 1 aromatic carbocycles. The molecule has 3 aromatic rings. The second kappa shape index (κ2) is 9.02. The molecule has 7 heteroatoms. The molecule has 2 aliphatic carbocycles. The number of hydrogen-bond acceptors (Lipinski definition) is 6. The highest BCUT2D eigenvalue weighted by atomic mass is 32.1. The highest BCUT2D eigenvalue weighted by Crippen LogP contribution is 2.35. The lowest BCUT2D eigenvalue weighted by molar-refractivity contribution is 0.148. The molecule has 1 saturated heterocycles. The number of nitrogens with zero attached hydrogens (tertiary/aromatic N) is 5. The molecular formula is C25H34N6S. The molecule has 0 bridgehead atoms. The summed E-state index contributed by atoms with van der Waals surface area (Å²) in [6.07, 6.45) is 12.1. The normalized spacial score (nSPS) is 21.6. The largest absolute Gasteiger partial charge is 0.365 e. The summed E-state index contributed by atoms with van der Waals surface area (Å²) in [5, 5.41) is 10.0. The molecule has 170 valence electrons. The van der Waals surface area contributed by atoms with Crippen LogP contribution in [0.25, 0.3) is 16.2 Å². The van der Waals surface area contributed by atoms with Crippen molar-refractivity contribution in [2.24, 2.45) is 0 Å². The van der Waals surface area contributed by atoms with E-state index in [1.165, 1.54) is 57.8 Å². The maximum absolute atomic E-state index is 5.08. The Morgan fingerprint density at radius 3 is 2.31 bits per heavy atom. The molecule has 0 amide bonds. The molecule has 6 rings (SSSR count). The van der Waals surface area contributed by atoms with Crippen LogP contribution in [0.5, 0.6) is 0 Å². The van der Waals surface area contributed by atoms with Crippen LogP contribution in [0.4, 0.5) is 10.9 Å². The average molecular weight is 451 g/mol. The number of benzene rings is 1. The summed E-state index contributed by atoms with van der Waals surface area (Å²) in [6.45, 7) is 4.47. The van der Waals surface area contributed by atoms with Crippen LogP contribution in [0.1, 0.15) is 57.8 Å². The molecule has 32 heavy (non-hydrogen) atoms. The molecule has 0 atom stereocenters. The van der Waals surface area contributed by atoms with E-state index in [9.17, 15) is 0 Å². The summed E-state index contributed by atoms with van der Waals surface area (Å²) in [6, 6.07) is 11.9. The van der Waals surface area contributed by atoms with Gasteiger partial charge in [0.05, 0.1) is 0 Å². The highest BCUT2D eigenvalue weighted by Gasteiger charge is 2.28. The fourth-order valence-electron chi connectivity index (χ4n) is 5.78. The van der Waals surface area contributed by atoms with Crippen LogP contribution in [0.15, 0.2) is 30.3 Å². The van der Waals surface area contributed by atoms with Gasteiger partial charge in [-0.3, -0.25) is 4.90 Å². The van der Waals surface area contributed by atoms with Gasteiger partial charge < -0.3 is 10.2 Å². The molecule has 0 radical (unpaired) electrons. The summed E-state index contributed by atoms with van der Waals surface area (Å²) >= 11 is 1.74. The lowest BCUT2D eigenvalue weighted by Crippen LogP contribution is -2.50. The fourth-order valence-corrected chi connectivity index (χ4v) is 6.73. The Morgan fingerprint density at radius 2 is 1.56 bits per heavy atom. The Bertz CT molecular complexity index is 1020. The van der Waals surface area contributed by atoms with E-state index in [0.29, 0.717) is 6.04 Å². The molecule has 3 aliphatic rings. The van der Waals surface area contributed by atoms with Crippen molar-refractivity contribution < 1.29 is 0 Å². The van der Waals surface area contributed by atoms with E-state index in [1.54, 1.807) is 11.3 Å². The van der Waals surface area contributed by atoms with Gasteiger partial charge in [-0.1, -0.05) is 73.8 Å². The fraction of sp³-hybridized carbons (Fsp3) is 0.600. The van der Waals surface area contributed by atoms with Gasteiger partial charge in [0.1, 0.15) is 5.69 Å². The first-order chi connectivity index (χ1) is 15.8. The third kappa shape index (κ3) is 4.01. The lowest BCUT2D eigenvalue weighted by atomic mass is 9.94. The first-order valence-electron chi connectivity index (χ1n) is 12.6. The minimum absolute atomic E-state index is 0.529. The van der Waals surface area contributed by atoms with Gasteiger partial charge in [0.2, 0.25) is 10.1 Å². The second-order valence-electron chi connectivity index (χ2n) is 9.69. The van der Waals surface area contributed by atoms with Crippen LogP contribution < -0.4 is 10.2 Å². The van der Waals surface area contributed by atoms with Crippen LogP contribution in [0.3, 0.4) is 0 Å². The lowest BCUT2D eigenvalue weighted by Gasteiger charge is -2.40. The summed E-state index contributed by atoms with van der Waals surface area (Å²) in [4.78, 5) is 11.2. The Morgan fingerprint density at radius 1 is 0.844 bits per heavy atom. The standard InChI is InChI=1S/C25H34N6S/c1-3-9-19(10-4-1)22-23(26-20-11-7-8-12-20)31-24(27-22)32-25(28-31)30-17-15-29(16-18-30)21-13-5-2-6-14-21/h1,3-4,9-10,20-21,26H,2,5-8,11-18H2. The summed E-state index contributed by atoms with van der Waals surface area (Å²) < 4.78 is 2.08. The smallest absolute Gasteiger partial charge is 0.216 e. The van der Waals surface area contributed by atoms with Gasteiger partial charge in [0.15, 0.2) is 5.82 Å². The van der Waals surface area contributed by atoms with E-state index in [0.717, 1.165) is 59.4 Å². The Balaban J connectivity index is 1.24. The summed E-state index contributed by atoms with van der Waals surface area (Å²) in [7, 11) is 0. The van der Waals surface area contributed by atoms with Gasteiger partial charge in [-0.15, -0.1) is 5.10 Å². The zero-order valence-corrected chi connectivity index (χ0v) is 19.7. The number of rotatable bonds is 5. The average Bonchev–Trinajstić information content (AvgIpc) is 3.59. The van der Waals surface area contributed by atoms with Crippen molar-refractivity contribution in [2.45, 2.75) is 69.9 Å². The van der Waals surface area contributed by atoms with Crippen molar-refractivity contribution in [2.75, 3.05) is 36.4 Å². The zero-order valence-electron chi connectivity index (χ0n) is 18.9. The number of imidazole rings is 1. The molecule has 3 fully saturated rings. The molecule has 0 spiro atoms. The topological polar surface area (TPSA) is 48.7 Å². The third-order valence-corrected chi connectivity index (χ3v) is 8.58. The van der Waals surface area contributed by atoms with Crippen LogP contribution in [0.2, 0.25) is 0 Å². The molecule has 2 saturated carbocycles. The predicted molar refractivity (Wildman–Crippen MR) is 133 cm³/mol. The molecule has 2 aromatic heterocycles. The van der Waals surface area contributed by atoms with Gasteiger partial charge in [0.25, 0.3) is 0 Å². The zero-order chi connectivity index (χ0) is 21.3. The van der Waals surface area contributed by atoms with Crippen LogP contribution >= 0.6 is 11.3 Å². The highest BCUT2D eigenvalue weighted by molar-refractivity contribution is 7.20. The van der Waals surface area contributed by atoms with Crippen LogP contribution in [0, 0.1) is 0 Å². The van der Waals surface area contributed by atoms with Crippen LogP contribution in [-0.2, 0) is 0 Å². The monoisotopic (exact) mass is 450 g/mol. The van der Waals surface area contributed by atoms with E-state index in [1.807, 2.05) is 0 Å². The van der Waals surface area contributed by atoms with Crippen molar-refractivity contribution in [1.29, 1.82) is 0 Å².